The van der Waals surface area contributed by atoms with Crippen molar-refractivity contribution < 1.29 is 19.1 Å². The first-order valence-corrected chi connectivity index (χ1v) is 12.0. The van der Waals surface area contributed by atoms with Crippen molar-refractivity contribution in [2.75, 3.05) is 31.7 Å². The Bertz CT molecular complexity index is 1160. The van der Waals surface area contributed by atoms with Gasteiger partial charge in [0.25, 0.3) is 5.91 Å². The molecule has 33 heavy (non-hydrogen) atoms. The summed E-state index contributed by atoms with van der Waals surface area (Å²) in [6.45, 7) is 5.27. The SMILES string of the molecule is CCOC(=O)c1cccc2nc(N3CC[C@@H](NC(=O)c4nc(Cl)c(CC)[nH]4)[C@@H](OC)C3)sc12. The maximum Gasteiger partial charge on any atom is 0.339 e. The number of thiazole rings is 1. The molecular weight excluding hydrogens is 466 g/mol. The summed E-state index contributed by atoms with van der Waals surface area (Å²) in [6, 6.07) is 5.27. The quantitative estimate of drug-likeness (QED) is 0.487. The molecule has 2 aromatic heterocycles. The molecule has 1 saturated heterocycles. The number of H-pyrrole nitrogens is 1. The number of ether oxygens (including phenoxy) is 2. The summed E-state index contributed by atoms with van der Waals surface area (Å²) in [5.74, 6) is -0.457. The predicted octanol–water partition coefficient (Wildman–Crippen LogP) is 3.44. The highest BCUT2D eigenvalue weighted by molar-refractivity contribution is 7.22. The van der Waals surface area contributed by atoms with Crippen LogP contribution in [0.5, 0.6) is 0 Å². The summed E-state index contributed by atoms with van der Waals surface area (Å²) in [6.07, 6.45) is 1.09. The highest BCUT2D eigenvalue weighted by atomic mass is 35.5. The lowest BCUT2D eigenvalue weighted by atomic mass is 10.0. The summed E-state index contributed by atoms with van der Waals surface area (Å²) in [7, 11) is 1.63. The number of esters is 1. The van der Waals surface area contributed by atoms with Gasteiger partial charge < -0.3 is 24.7 Å². The van der Waals surface area contributed by atoms with Gasteiger partial charge in [0.05, 0.1) is 40.2 Å². The minimum absolute atomic E-state index is 0.183. The molecule has 4 rings (SSSR count). The minimum Gasteiger partial charge on any atom is -0.462 e. The summed E-state index contributed by atoms with van der Waals surface area (Å²) in [5, 5.41) is 4.14. The van der Waals surface area contributed by atoms with Crippen LogP contribution in [0.25, 0.3) is 10.2 Å². The van der Waals surface area contributed by atoms with Gasteiger partial charge >= 0.3 is 5.97 Å². The number of piperidine rings is 1. The van der Waals surface area contributed by atoms with Crippen molar-refractivity contribution in [2.45, 2.75) is 38.8 Å². The third kappa shape index (κ3) is 4.83. The standard InChI is InChI=1S/C22H26ClN5O4S/c1-4-13-18(23)27-19(24-13)20(29)25-14-9-10-28(11-16(14)31-3)22-26-15-8-6-7-12(17(15)33-22)21(30)32-5-2/h6-8,14,16H,4-5,9-11H2,1-3H3,(H,24,27)(H,25,29)/t14-,16+/m1/s1. The normalized spacial score (nSPS) is 18.5. The van der Waals surface area contributed by atoms with Gasteiger partial charge in [0.1, 0.15) is 0 Å². The highest BCUT2D eigenvalue weighted by Crippen LogP contribution is 2.33. The van der Waals surface area contributed by atoms with Crippen molar-refractivity contribution in [1.82, 2.24) is 20.3 Å². The fourth-order valence-corrected chi connectivity index (χ4v) is 5.27. The molecule has 2 N–H and O–H groups in total. The van der Waals surface area contributed by atoms with E-state index in [2.05, 4.69) is 20.2 Å². The molecule has 1 fully saturated rings. The molecule has 1 aromatic carbocycles. The van der Waals surface area contributed by atoms with Gasteiger partial charge in [0.15, 0.2) is 16.1 Å². The number of hydrogen-bond acceptors (Lipinski definition) is 8. The maximum absolute atomic E-state index is 12.7. The molecule has 2 atom stereocenters. The molecule has 176 valence electrons. The van der Waals surface area contributed by atoms with Crippen molar-refractivity contribution in [3.8, 4) is 0 Å². The molecule has 1 aliphatic heterocycles. The van der Waals surface area contributed by atoms with Gasteiger partial charge in [-0.2, -0.15) is 0 Å². The number of amides is 1. The number of carbonyl (C=O) groups excluding carboxylic acids is 2. The van der Waals surface area contributed by atoms with E-state index in [1.165, 1.54) is 11.3 Å². The van der Waals surface area contributed by atoms with Crippen molar-refractivity contribution in [3.63, 3.8) is 0 Å². The Hall–Kier alpha value is -2.69. The summed E-state index contributed by atoms with van der Waals surface area (Å²) < 4.78 is 11.7. The molecule has 0 saturated carbocycles. The van der Waals surface area contributed by atoms with Crippen LogP contribution in [0.15, 0.2) is 18.2 Å². The fraction of sp³-hybridized carbons (Fsp3) is 0.455. The third-order valence-electron chi connectivity index (χ3n) is 5.64. The van der Waals surface area contributed by atoms with E-state index < -0.39 is 0 Å². The van der Waals surface area contributed by atoms with Crippen LogP contribution < -0.4 is 10.2 Å². The van der Waals surface area contributed by atoms with E-state index in [0.29, 0.717) is 43.3 Å². The van der Waals surface area contributed by atoms with Crippen molar-refractivity contribution in [1.29, 1.82) is 0 Å². The number of carbonyl (C=O) groups is 2. The lowest BCUT2D eigenvalue weighted by Crippen LogP contribution is -2.55. The smallest absolute Gasteiger partial charge is 0.339 e. The Kier molecular flexibility index (Phi) is 7.16. The number of anilines is 1. The van der Waals surface area contributed by atoms with E-state index >= 15 is 0 Å². The molecule has 9 nitrogen and oxygen atoms in total. The van der Waals surface area contributed by atoms with Gasteiger partial charge in [-0.05, 0) is 31.9 Å². The van der Waals surface area contributed by atoms with Crippen LogP contribution in [0.2, 0.25) is 5.15 Å². The number of aryl methyl sites for hydroxylation is 1. The zero-order valence-corrected chi connectivity index (χ0v) is 20.3. The first-order chi connectivity index (χ1) is 15.9. The molecule has 1 amide bonds. The number of halogens is 1. The molecule has 1 aliphatic rings. The molecule has 0 aliphatic carbocycles. The van der Waals surface area contributed by atoms with Gasteiger partial charge in [-0.3, -0.25) is 4.79 Å². The van der Waals surface area contributed by atoms with Crippen molar-refractivity contribution in [3.05, 3.63) is 40.4 Å². The van der Waals surface area contributed by atoms with Crippen LogP contribution in [-0.4, -0.2) is 65.8 Å². The van der Waals surface area contributed by atoms with Crippen LogP contribution in [0, 0.1) is 0 Å². The molecule has 0 radical (unpaired) electrons. The number of imidazole rings is 1. The Balaban J connectivity index is 1.48. The largest absolute Gasteiger partial charge is 0.462 e. The van der Waals surface area contributed by atoms with Crippen LogP contribution >= 0.6 is 22.9 Å². The number of benzene rings is 1. The number of nitrogens with zero attached hydrogens (tertiary/aromatic N) is 3. The molecule has 3 heterocycles. The van der Waals surface area contributed by atoms with E-state index in [1.54, 1.807) is 20.1 Å². The van der Waals surface area contributed by atoms with Gasteiger partial charge in [0.2, 0.25) is 0 Å². The van der Waals surface area contributed by atoms with E-state index in [1.807, 2.05) is 19.1 Å². The second-order valence-electron chi connectivity index (χ2n) is 7.67. The number of methoxy groups -OCH3 is 1. The lowest BCUT2D eigenvalue weighted by molar-refractivity contribution is 0.0528. The molecule has 3 aromatic rings. The van der Waals surface area contributed by atoms with E-state index in [4.69, 9.17) is 26.1 Å². The fourth-order valence-electron chi connectivity index (χ4n) is 3.90. The van der Waals surface area contributed by atoms with Crippen molar-refractivity contribution >= 4 is 50.2 Å². The zero-order chi connectivity index (χ0) is 23.5. The topological polar surface area (TPSA) is 109 Å². The third-order valence-corrected chi connectivity index (χ3v) is 7.12. The first kappa shape index (κ1) is 23.5. The highest BCUT2D eigenvalue weighted by Gasteiger charge is 2.33. The van der Waals surface area contributed by atoms with E-state index in [-0.39, 0.29) is 29.8 Å². The molecular formula is C22H26ClN5O4S. The number of rotatable bonds is 7. The molecule has 0 bridgehead atoms. The van der Waals surface area contributed by atoms with Crippen LogP contribution in [-0.2, 0) is 15.9 Å². The van der Waals surface area contributed by atoms with Gasteiger partial charge in [0, 0.05) is 20.2 Å². The Morgan fingerprint density at radius 1 is 1.33 bits per heavy atom. The second kappa shape index (κ2) is 10.1. The van der Waals surface area contributed by atoms with Gasteiger partial charge in [-0.15, -0.1) is 0 Å². The summed E-state index contributed by atoms with van der Waals surface area (Å²) in [4.78, 5) is 38.9. The Morgan fingerprint density at radius 2 is 2.15 bits per heavy atom. The average Bonchev–Trinajstić information content (AvgIpc) is 3.42. The summed E-state index contributed by atoms with van der Waals surface area (Å²) >= 11 is 7.53. The van der Waals surface area contributed by atoms with Crippen LogP contribution in [0.1, 0.15) is 46.9 Å². The van der Waals surface area contributed by atoms with E-state index in [0.717, 1.165) is 21.0 Å². The number of fused-ring (bicyclic) bond motifs is 1. The average molecular weight is 492 g/mol. The van der Waals surface area contributed by atoms with Crippen LogP contribution in [0.4, 0.5) is 5.13 Å². The number of aromatic amines is 1. The molecule has 0 spiro atoms. The molecule has 0 unspecified atom stereocenters. The predicted molar refractivity (Wildman–Crippen MR) is 127 cm³/mol. The Morgan fingerprint density at radius 3 is 2.85 bits per heavy atom. The first-order valence-electron chi connectivity index (χ1n) is 10.8. The van der Waals surface area contributed by atoms with Crippen molar-refractivity contribution in [2.24, 2.45) is 0 Å². The maximum atomic E-state index is 12.7. The Labute approximate surface area is 200 Å². The monoisotopic (exact) mass is 491 g/mol. The number of aromatic nitrogens is 3. The lowest BCUT2D eigenvalue weighted by Gasteiger charge is -2.37. The van der Waals surface area contributed by atoms with E-state index in [9.17, 15) is 9.59 Å². The van der Waals surface area contributed by atoms with Crippen LogP contribution in [0.3, 0.4) is 0 Å². The van der Waals surface area contributed by atoms with Gasteiger partial charge in [-0.25, -0.2) is 14.8 Å². The number of nitrogens with one attached hydrogen (secondary N) is 2. The minimum atomic E-state index is -0.348. The zero-order valence-electron chi connectivity index (χ0n) is 18.7. The summed E-state index contributed by atoms with van der Waals surface area (Å²) in [5.41, 5.74) is 2.01. The number of hydrogen-bond donors (Lipinski definition) is 2. The second-order valence-corrected chi connectivity index (χ2v) is 9.00. The van der Waals surface area contributed by atoms with Gasteiger partial charge in [-0.1, -0.05) is 35.9 Å². The molecule has 11 heteroatoms.